The number of methoxy groups -OCH3 is 2. The summed E-state index contributed by atoms with van der Waals surface area (Å²) in [4.78, 5) is 0. The third kappa shape index (κ3) is 6.17. The molecule has 6 nitrogen and oxygen atoms in total. The number of aromatic hydroxyl groups is 2. The molecule has 0 radical (unpaired) electrons. The monoisotopic (exact) mass is 581 g/mol. The molecule has 0 unspecified atom stereocenters. The van der Waals surface area contributed by atoms with E-state index < -0.39 is 0 Å². The summed E-state index contributed by atoms with van der Waals surface area (Å²) >= 11 is -0.0332. The smallest absolute Gasteiger partial charge is 1.00 e. The van der Waals surface area contributed by atoms with Gasteiger partial charge < -0.3 is 12.4 Å². The predicted octanol–water partition coefficient (Wildman–Crippen LogP) is 2.51. The molecule has 1 aliphatic heterocycles. The van der Waals surface area contributed by atoms with E-state index in [1.807, 2.05) is 24.3 Å². The number of halogens is 1. The maximum Gasteiger partial charge on any atom is -1.00 e. The summed E-state index contributed by atoms with van der Waals surface area (Å²) in [5, 5.41) is 22.5. The molecule has 0 bridgehead atoms. The van der Waals surface area contributed by atoms with Crippen LogP contribution in [0.4, 0.5) is 0 Å². The molecular formula is C30H42ClCrN2O4+. The molecule has 8 heteroatoms. The van der Waals surface area contributed by atoms with Crippen molar-refractivity contribution in [1.29, 1.82) is 0 Å². The Kier molecular flexibility index (Phi) is 9.18. The number of hydrogen-bond acceptors (Lipinski definition) is 4. The molecule has 1 saturated carbocycles. The molecule has 0 spiro atoms. The van der Waals surface area contributed by atoms with Crippen LogP contribution in [0.3, 0.4) is 0 Å². The van der Waals surface area contributed by atoms with Gasteiger partial charge in [0.15, 0.2) is 0 Å². The summed E-state index contributed by atoms with van der Waals surface area (Å²) in [6.45, 7) is 12.6. The van der Waals surface area contributed by atoms with Gasteiger partial charge >= 0.3 is 229 Å². The molecule has 2 atom stereocenters. The van der Waals surface area contributed by atoms with Crippen LogP contribution in [0.1, 0.15) is 89.5 Å². The first-order valence-corrected chi connectivity index (χ1v) is 14.2. The van der Waals surface area contributed by atoms with Gasteiger partial charge in [-0.05, 0) is 0 Å². The zero-order valence-corrected chi connectivity index (χ0v) is 25.9. The summed E-state index contributed by atoms with van der Waals surface area (Å²) in [7, 11) is 3.34. The fraction of sp³-hybridized carbons (Fsp3) is 0.533. The minimum Gasteiger partial charge on any atom is -1.00 e. The number of benzene rings is 2. The van der Waals surface area contributed by atoms with Crippen molar-refractivity contribution < 1.29 is 54.9 Å². The van der Waals surface area contributed by atoms with Crippen LogP contribution in [0.2, 0.25) is 0 Å². The number of ether oxygens (including phenoxy) is 2. The Labute approximate surface area is 240 Å². The van der Waals surface area contributed by atoms with Crippen LogP contribution >= 0.6 is 0 Å². The van der Waals surface area contributed by atoms with Crippen LogP contribution in [0.5, 0.6) is 23.0 Å². The van der Waals surface area contributed by atoms with Gasteiger partial charge in [0.2, 0.25) is 0 Å². The van der Waals surface area contributed by atoms with E-state index in [9.17, 15) is 10.2 Å². The largest absolute Gasteiger partial charge is 1.00 e. The van der Waals surface area contributed by atoms with Crippen LogP contribution in [-0.2, 0) is 26.5 Å². The molecule has 1 heterocycles. The number of fused-ring (bicyclic) bond motifs is 1. The SMILES string of the molecule is COc1cc(C=[N+]2[Cr][N+](=Cc3cc(OC)cc(C(C)(C)C)c3O)[C@@H]3CCCC[C@H]32)c(O)c(C(C)(C)C)c1.[Cl-]. The van der Waals surface area contributed by atoms with Gasteiger partial charge in [0.25, 0.3) is 0 Å². The van der Waals surface area contributed by atoms with E-state index in [0.29, 0.717) is 23.6 Å². The van der Waals surface area contributed by atoms with Gasteiger partial charge in [-0.15, -0.1) is 0 Å². The number of rotatable bonds is 4. The average molecular weight is 582 g/mol. The molecular weight excluding hydrogens is 540 g/mol. The number of nitrogens with zero attached hydrogens (tertiary/aromatic N) is 2. The second-order valence-electron chi connectivity index (χ2n) is 12.2. The van der Waals surface area contributed by atoms with Crippen molar-refractivity contribution >= 4 is 12.4 Å². The molecule has 38 heavy (non-hydrogen) atoms. The van der Waals surface area contributed by atoms with E-state index in [-0.39, 0.29) is 38.9 Å². The Bertz CT molecular complexity index is 1150. The van der Waals surface area contributed by atoms with Crippen LogP contribution in [0, 0.1) is 0 Å². The molecule has 4 rings (SSSR count). The third-order valence-corrected chi connectivity index (χ3v) is 9.15. The summed E-state index contributed by atoms with van der Waals surface area (Å²) in [5.74, 6) is 2.14. The van der Waals surface area contributed by atoms with Crippen LogP contribution in [-0.4, -0.2) is 56.1 Å². The van der Waals surface area contributed by atoms with Gasteiger partial charge in [0.1, 0.15) is 0 Å². The fourth-order valence-corrected chi connectivity index (χ4v) is 7.25. The Balaban J connectivity index is 0.00000400. The van der Waals surface area contributed by atoms with Gasteiger partial charge in [-0.3, -0.25) is 0 Å². The second kappa shape index (κ2) is 11.5. The van der Waals surface area contributed by atoms with Crippen molar-refractivity contribution in [2.24, 2.45) is 0 Å². The predicted molar refractivity (Wildman–Crippen MR) is 144 cm³/mol. The first kappa shape index (κ1) is 30.3. The zero-order valence-electron chi connectivity index (χ0n) is 23.8. The van der Waals surface area contributed by atoms with Crippen molar-refractivity contribution in [3.05, 3.63) is 46.5 Å². The van der Waals surface area contributed by atoms with Crippen molar-refractivity contribution in [2.75, 3.05) is 14.2 Å². The van der Waals surface area contributed by atoms with Gasteiger partial charge in [0.05, 0.1) is 0 Å². The number of phenols is 2. The maximum atomic E-state index is 11.2. The third-order valence-electron chi connectivity index (χ3n) is 7.38. The quantitative estimate of drug-likeness (QED) is 0.583. The Morgan fingerprint density at radius 3 is 1.42 bits per heavy atom. The molecule has 2 fully saturated rings. The zero-order chi connectivity index (χ0) is 27.1. The van der Waals surface area contributed by atoms with E-state index in [1.54, 1.807) is 14.2 Å². The van der Waals surface area contributed by atoms with Gasteiger partial charge in [-0.1, -0.05) is 0 Å². The fourth-order valence-electron chi connectivity index (χ4n) is 5.26. The minimum atomic E-state index is -0.209. The first-order valence-electron chi connectivity index (χ1n) is 13.1. The molecule has 2 aromatic carbocycles. The van der Waals surface area contributed by atoms with Crippen LogP contribution in [0.15, 0.2) is 24.3 Å². The Morgan fingerprint density at radius 2 is 1.11 bits per heavy atom. The summed E-state index contributed by atoms with van der Waals surface area (Å²) in [6, 6.07) is 8.45. The van der Waals surface area contributed by atoms with Crippen molar-refractivity contribution in [1.82, 2.24) is 0 Å². The Morgan fingerprint density at radius 1 is 0.737 bits per heavy atom. The van der Waals surface area contributed by atoms with E-state index >= 15 is 0 Å². The minimum absolute atomic E-state index is 0. The standard InChI is InChI=1S/C30H42N2O4.ClH.Cr/c1-29(2,3)23-15-21(35-7)13-19(27(23)33)17-31-25-11-9-10-12-26(25)32-18-20-14-22(36-8)16-24(28(20)34)30(4,5)6;;/h13-18,25-26,33-34H,9-12H2,1-8H3;1H;/q;;+2/p-1/t25-,26-;;/m1../s1. The molecule has 0 amide bonds. The van der Waals surface area contributed by atoms with E-state index in [0.717, 1.165) is 46.6 Å². The van der Waals surface area contributed by atoms with E-state index in [2.05, 4.69) is 61.1 Å². The topological polar surface area (TPSA) is 64.9 Å². The molecule has 2 N–H and O–H groups in total. The van der Waals surface area contributed by atoms with Crippen molar-refractivity contribution in [3.8, 4) is 23.0 Å². The van der Waals surface area contributed by atoms with Crippen molar-refractivity contribution in [2.45, 2.75) is 90.1 Å². The van der Waals surface area contributed by atoms with Gasteiger partial charge in [-0.25, -0.2) is 0 Å². The molecule has 2 aliphatic rings. The summed E-state index contributed by atoms with van der Waals surface area (Å²) in [5.41, 5.74) is 2.92. The molecule has 1 saturated heterocycles. The first-order chi connectivity index (χ1) is 17.3. The van der Waals surface area contributed by atoms with Crippen molar-refractivity contribution in [3.63, 3.8) is 0 Å². The van der Waals surface area contributed by atoms with E-state index in [4.69, 9.17) is 9.47 Å². The Hall–Kier alpha value is -2.20. The van der Waals surface area contributed by atoms with E-state index in [1.165, 1.54) is 12.8 Å². The van der Waals surface area contributed by atoms with Gasteiger partial charge in [0, 0.05) is 0 Å². The number of hydrogen-bond donors (Lipinski definition) is 2. The molecule has 208 valence electrons. The second-order valence-corrected chi connectivity index (χ2v) is 13.8. The molecule has 0 aromatic heterocycles. The molecule has 1 aliphatic carbocycles. The molecule has 2 aromatic rings. The van der Waals surface area contributed by atoms with Crippen LogP contribution in [0.25, 0.3) is 0 Å². The van der Waals surface area contributed by atoms with Crippen LogP contribution < -0.4 is 21.9 Å². The normalized spacial score (nSPS) is 21.8. The number of phenolic OH excluding ortho intramolecular Hbond substituents is 2. The summed E-state index contributed by atoms with van der Waals surface area (Å²) < 4.78 is 16.0. The average Bonchev–Trinajstić information content (AvgIpc) is 3.17. The summed E-state index contributed by atoms with van der Waals surface area (Å²) in [6.07, 6.45) is 8.87. The maximum absolute atomic E-state index is 11.2. The van der Waals surface area contributed by atoms with Gasteiger partial charge in [-0.2, -0.15) is 0 Å².